The van der Waals surface area contributed by atoms with E-state index in [0.29, 0.717) is 0 Å². The van der Waals surface area contributed by atoms with Crippen molar-refractivity contribution < 1.29 is 0 Å². The van der Waals surface area contributed by atoms with E-state index < -0.39 is 0 Å². The van der Waals surface area contributed by atoms with Gasteiger partial charge in [-0.2, -0.15) is 11.8 Å². The second-order valence-corrected chi connectivity index (χ2v) is 7.24. The maximum atomic E-state index is 3.75. The number of thioether (sulfide) groups is 1. The molecule has 2 nitrogen and oxygen atoms in total. The summed E-state index contributed by atoms with van der Waals surface area (Å²) in [6.45, 7) is 10.8. The quantitative estimate of drug-likeness (QED) is 0.652. The van der Waals surface area contributed by atoms with Gasteiger partial charge in [0.05, 0.1) is 0 Å². The number of unbranched alkanes of at least 4 members (excludes halogenated alkanes) is 2. The number of rotatable bonds is 9. The maximum absolute atomic E-state index is 3.75. The molecule has 114 valence electrons. The molecule has 1 aliphatic heterocycles. The Kier molecular flexibility index (Phi) is 9.17. The molecular formula is C16H34N2S. The van der Waals surface area contributed by atoms with Gasteiger partial charge in [0.2, 0.25) is 0 Å². The van der Waals surface area contributed by atoms with Crippen molar-refractivity contribution in [3.63, 3.8) is 0 Å². The van der Waals surface area contributed by atoms with Gasteiger partial charge in [-0.15, -0.1) is 0 Å². The highest BCUT2D eigenvalue weighted by Gasteiger charge is 2.28. The average molecular weight is 287 g/mol. The van der Waals surface area contributed by atoms with Crippen molar-refractivity contribution in [3.05, 3.63) is 0 Å². The van der Waals surface area contributed by atoms with Crippen LogP contribution < -0.4 is 5.32 Å². The predicted octanol–water partition coefficient (Wildman–Crippen LogP) is 3.62. The van der Waals surface area contributed by atoms with Gasteiger partial charge in [0.15, 0.2) is 0 Å². The van der Waals surface area contributed by atoms with Gasteiger partial charge in [-0.05, 0) is 43.7 Å². The molecule has 0 radical (unpaired) electrons. The van der Waals surface area contributed by atoms with Crippen LogP contribution in [0.25, 0.3) is 0 Å². The first-order valence-electron chi connectivity index (χ1n) is 8.15. The lowest BCUT2D eigenvalue weighted by Crippen LogP contribution is -2.58. The summed E-state index contributed by atoms with van der Waals surface area (Å²) in [5.41, 5.74) is 0. The van der Waals surface area contributed by atoms with Crippen LogP contribution in [-0.4, -0.2) is 48.6 Å². The molecule has 2 atom stereocenters. The van der Waals surface area contributed by atoms with Crippen molar-refractivity contribution in [2.45, 2.75) is 65.0 Å². The van der Waals surface area contributed by atoms with Crippen LogP contribution in [0.2, 0.25) is 0 Å². The number of piperazine rings is 1. The second kappa shape index (κ2) is 10.1. The molecule has 0 aliphatic carbocycles. The summed E-state index contributed by atoms with van der Waals surface area (Å²) in [6.07, 6.45) is 8.99. The highest BCUT2D eigenvalue weighted by Crippen LogP contribution is 2.18. The molecule has 1 aliphatic rings. The molecule has 1 fully saturated rings. The smallest absolute Gasteiger partial charge is 0.0244 e. The monoisotopic (exact) mass is 286 g/mol. The number of nitrogens with zero attached hydrogens (tertiary/aromatic N) is 1. The summed E-state index contributed by atoms with van der Waals surface area (Å²) in [5.74, 6) is 2.09. The van der Waals surface area contributed by atoms with Crippen LogP contribution in [0.4, 0.5) is 0 Å². The molecule has 0 spiro atoms. The summed E-state index contributed by atoms with van der Waals surface area (Å²) < 4.78 is 0. The summed E-state index contributed by atoms with van der Waals surface area (Å²) in [4.78, 5) is 2.76. The van der Waals surface area contributed by atoms with Crippen molar-refractivity contribution in [1.82, 2.24) is 10.2 Å². The van der Waals surface area contributed by atoms with Crippen molar-refractivity contribution >= 4 is 11.8 Å². The number of nitrogens with one attached hydrogen (secondary N) is 1. The third-order valence-corrected chi connectivity index (χ3v) is 4.94. The fourth-order valence-corrected chi connectivity index (χ4v) is 3.59. The van der Waals surface area contributed by atoms with E-state index in [0.717, 1.165) is 18.0 Å². The molecule has 1 N–H and O–H groups in total. The predicted molar refractivity (Wildman–Crippen MR) is 89.1 cm³/mol. The van der Waals surface area contributed by atoms with Gasteiger partial charge in [-0.3, -0.25) is 4.90 Å². The molecule has 0 aromatic carbocycles. The van der Waals surface area contributed by atoms with Gasteiger partial charge in [-0.1, -0.05) is 33.6 Å². The Hall–Kier alpha value is 0.270. The van der Waals surface area contributed by atoms with Crippen LogP contribution in [0.5, 0.6) is 0 Å². The van der Waals surface area contributed by atoms with Crippen LogP contribution in [0.1, 0.15) is 52.9 Å². The van der Waals surface area contributed by atoms with Crippen molar-refractivity contribution in [2.24, 2.45) is 5.92 Å². The van der Waals surface area contributed by atoms with E-state index in [1.54, 1.807) is 0 Å². The fraction of sp³-hybridized carbons (Fsp3) is 1.00. The van der Waals surface area contributed by atoms with Gasteiger partial charge < -0.3 is 5.32 Å². The second-order valence-electron chi connectivity index (χ2n) is 6.25. The Labute approximate surface area is 125 Å². The highest BCUT2D eigenvalue weighted by molar-refractivity contribution is 7.98. The van der Waals surface area contributed by atoms with Gasteiger partial charge in [0.1, 0.15) is 0 Å². The first kappa shape index (κ1) is 17.3. The molecule has 1 saturated heterocycles. The summed E-state index contributed by atoms with van der Waals surface area (Å²) in [5, 5.41) is 3.75. The molecule has 19 heavy (non-hydrogen) atoms. The molecule has 1 heterocycles. The van der Waals surface area contributed by atoms with Crippen LogP contribution in [-0.2, 0) is 0 Å². The lowest BCUT2D eigenvalue weighted by molar-refractivity contribution is 0.0938. The van der Waals surface area contributed by atoms with Gasteiger partial charge in [0.25, 0.3) is 0 Å². The van der Waals surface area contributed by atoms with Crippen LogP contribution in [0.3, 0.4) is 0 Å². The normalized spacial score (nSPS) is 25.1. The molecule has 0 saturated carbocycles. The molecule has 0 amide bonds. The lowest BCUT2D eigenvalue weighted by atomic mass is 9.96. The van der Waals surface area contributed by atoms with E-state index in [4.69, 9.17) is 0 Å². The zero-order chi connectivity index (χ0) is 14.1. The maximum Gasteiger partial charge on any atom is 0.0244 e. The van der Waals surface area contributed by atoms with E-state index in [9.17, 15) is 0 Å². The Morgan fingerprint density at radius 1 is 1.26 bits per heavy atom. The van der Waals surface area contributed by atoms with E-state index in [1.165, 1.54) is 57.5 Å². The Balaban J connectivity index is 2.34. The third kappa shape index (κ3) is 6.50. The molecule has 0 aromatic heterocycles. The zero-order valence-corrected chi connectivity index (χ0v) is 14.3. The third-order valence-electron chi connectivity index (χ3n) is 4.24. The van der Waals surface area contributed by atoms with Crippen LogP contribution in [0, 0.1) is 5.92 Å². The fourth-order valence-electron chi connectivity index (χ4n) is 3.09. The topological polar surface area (TPSA) is 15.3 Å². The first-order chi connectivity index (χ1) is 9.19. The Morgan fingerprint density at radius 3 is 2.68 bits per heavy atom. The van der Waals surface area contributed by atoms with Crippen molar-refractivity contribution in [3.8, 4) is 0 Å². The van der Waals surface area contributed by atoms with Crippen LogP contribution >= 0.6 is 11.8 Å². The Bertz CT molecular complexity index is 221. The SMILES string of the molecule is CCCC1CN(CCCCCSC)C(C(C)C)CN1. The minimum absolute atomic E-state index is 0.728. The van der Waals surface area contributed by atoms with E-state index >= 15 is 0 Å². The summed E-state index contributed by atoms with van der Waals surface area (Å²) in [6, 6.07) is 1.47. The Morgan fingerprint density at radius 2 is 2.05 bits per heavy atom. The van der Waals surface area contributed by atoms with Gasteiger partial charge in [-0.25, -0.2) is 0 Å². The van der Waals surface area contributed by atoms with Gasteiger partial charge in [0, 0.05) is 25.2 Å². The first-order valence-corrected chi connectivity index (χ1v) is 9.54. The molecule has 3 heteroatoms. The number of hydrogen-bond donors (Lipinski definition) is 1. The summed E-state index contributed by atoms with van der Waals surface area (Å²) in [7, 11) is 0. The van der Waals surface area contributed by atoms with E-state index in [-0.39, 0.29) is 0 Å². The minimum atomic E-state index is 0.728. The molecular weight excluding hydrogens is 252 g/mol. The minimum Gasteiger partial charge on any atom is -0.311 e. The standard InChI is InChI=1S/C16H34N2S/c1-5-9-15-13-18(10-7-6-8-11-19-4)16(12-17-15)14(2)3/h14-17H,5-13H2,1-4H3. The van der Waals surface area contributed by atoms with Crippen molar-refractivity contribution in [1.29, 1.82) is 0 Å². The van der Waals surface area contributed by atoms with Gasteiger partial charge >= 0.3 is 0 Å². The molecule has 0 aromatic rings. The van der Waals surface area contributed by atoms with Crippen molar-refractivity contribution in [2.75, 3.05) is 31.6 Å². The van der Waals surface area contributed by atoms with E-state index in [2.05, 4.69) is 37.2 Å². The molecule has 1 rings (SSSR count). The largest absolute Gasteiger partial charge is 0.311 e. The highest BCUT2D eigenvalue weighted by atomic mass is 32.2. The van der Waals surface area contributed by atoms with E-state index in [1.807, 2.05) is 11.8 Å². The average Bonchev–Trinajstić information content (AvgIpc) is 2.39. The van der Waals surface area contributed by atoms with Crippen LogP contribution in [0.15, 0.2) is 0 Å². The lowest BCUT2D eigenvalue weighted by Gasteiger charge is -2.42. The summed E-state index contributed by atoms with van der Waals surface area (Å²) >= 11 is 1.98. The molecule has 2 unspecified atom stereocenters. The number of hydrogen-bond acceptors (Lipinski definition) is 3. The molecule has 0 bridgehead atoms. The zero-order valence-electron chi connectivity index (χ0n) is 13.5.